The first-order valence-corrected chi connectivity index (χ1v) is 10.0. The van der Waals surface area contributed by atoms with Gasteiger partial charge >= 0.3 is 0 Å². The maximum absolute atomic E-state index is 12.8. The summed E-state index contributed by atoms with van der Waals surface area (Å²) < 4.78 is 25.7. The van der Waals surface area contributed by atoms with E-state index in [9.17, 15) is 13.2 Å². The van der Waals surface area contributed by atoms with E-state index in [1.54, 1.807) is 24.3 Å². The number of sulfonamides is 1. The molecule has 2 aromatic carbocycles. The molecule has 0 saturated heterocycles. The van der Waals surface area contributed by atoms with Crippen LogP contribution in [0.1, 0.15) is 25.3 Å². The monoisotopic (exact) mass is 394 g/mol. The summed E-state index contributed by atoms with van der Waals surface area (Å²) in [6, 6.07) is 13.4. The van der Waals surface area contributed by atoms with E-state index in [1.165, 1.54) is 26.2 Å². The van der Waals surface area contributed by atoms with Crippen LogP contribution >= 0.6 is 11.6 Å². The van der Waals surface area contributed by atoms with Crippen LogP contribution in [0, 0.1) is 5.92 Å². The van der Waals surface area contributed by atoms with E-state index >= 15 is 0 Å². The summed E-state index contributed by atoms with van der Waals surface area (Å²) in [5.41, 5.74) is 1.30. The number of carbonyl (C=O) groups excluding carboxylic acids is 1. The van der Waals surface area contributed by atoms with Crippen molar-refractivity contribution in [2.75, 3.05) is 19.4 Å². The number of halogens is 1. The molecule has 2 aromatic rings. The fourth-order valence-corrected chi connectivity index (χ4v) is 3.75. The van der Waals surface area contributed by atoms with Gasteiger partial charge in [0.15, 0.2) is 0 Å². The number of amides is 1. The van der Waals surface area contributed by atoms with Gasteiger partial charge in [-0.15, -0.1) is 0 Å². The van der Waals surface area contributed by atoms with Gasteiger partial charge < -0.3 is 5.32 Å². The Morgan fingerprint density at radius 1 is 1.08 bits per heavy atom. The van der Waals surface area contributed by atoms with Gasteiger partial charge in [-0.2, -0.15) is 0 Å². The Morgan fingerprint density at radius 3 is 2.23 bits per heavy atom. The minimum absolute atomic E-state index is 0.0601. The van der Waals surface area contributed by atoms with Crippen LogP contribution in [0.3, 0.4) is 0 Å². The van der Waals surface area contributed by atoms with E-state index in [2.05, 4.69) is 5.32 Å². The predicted molar refractivity (Wildman–Crippen MR) is 105 cm³/mol. The molecule has 0 aliphatic rings. The molecular weight excluding hydrogens is 372 g/mol. The highest BCUT2D eigenvalue weighted by molar-refractivity contribution is 7.89. The molecule has 0 fully saturated rings. The summed E-state index contributed by atoms with van der Waals surface area (Å²) in [5.74, 6) is -0.507. The van der Waals surface area contributed by atoms with Crippen LogP contribution in [-0.4, -0.2) is 32.7 Å². The number of rotatable bonds is 6. The molecule has 0 aliphatic carbocycles. The number of carbonyl (C=O) groups is 1. The second kappa shape index (κ2) is 8.20. The Balaban J connectivity index is 2.29. The van der Waals surface area contributed by atoms with E-state index in [0.717, 1.165) is 9.87 Å². The minimum Gasteiger partial charge on any atom is -0.326 e. The molecule has 0 heterocycles. The predicted octanol–water partition coefficient (Wildman–Crippen LogP) is 3.97. The second-order valence-corrected chi connectivity index (χ2v) is 9.17. The minimum atomic E-state index is -3.56. The lowest BCUT2D eigenvalue weighted by atomic mass is 9.87. The maximum atomic E-state index is 12.8. The van der Waals surface area contributed by atoms with Gasteiger partial charge in [-0.3, -0.25) is 4.79 Å². The molecule has 1 amide bonds. The zero-order valence-electron chi connectivity index (χ0n) is 15.2. The normalized spacial score (nSPS) is 13.0. The SMILES string of the molecule is CC(C)[C@@H](C(=O)Nc1cccc(S(=O)(=O)N(C)C)c1)c1ccc(Cl)cc1. The zero-order valence-corrected chi connectivity index (χ0v) is 16.8. The Kier molecular flexibility index (Phi) is 6.44. The number of nitrogens with zero attached hydrogens (tertiary/aromatic N) is 1. The van der Waals surface area contributed by atoms with Gasteiger partial charge in [0.25, 0.3) is 0 Å². The molecule has 0 unspecified atom stereocenters. The molecule has 0 radical (unpaired) electrons. The molecule has 0 aliphatic heterocycles. The van der Waals surface area contributed by atoms with Crippen LogP contribution in [0.15, 0.2) is 53.4 Å². The number of hydrogen-bond acceptors (Lipinski definition) is 3. The van der Waals surface area contributed by atoms with Crippen molar-refractivity contribution in [3.05, 3.63) is 59.1 Å². The van der Waals surface area contributed by atoms with Crippen LogP contribution in [0.25, 0.3) is 0 Å². The molecule has 0 saturated carbocycles. The topological polar surface area (TPSA) is 66.5 Å². The molecule has 1 N–H and O–H groups in total. The highest BCUT2D eigenvalue weighted by Gasteiger charge is 2.25. The molecule has 1 atom stereocenters. The highest BCUT2D eigenvalue weighted by Crippen LogP contribution is 2.28. The highest BCUT2D eigenvalue weighted by atomic mass is 35.5. The third kappa shape index (κ3) is 4.63. The Morgan fingerprint density at radius 2 is 1.69 bits per heavy atom. The average Bonchev–Trinajstić information content (AvgIpc) is 2.56. The van der Waals surface area contributed by atoms with Crippen LogP contribution < -0.4 is 5.32 Å². The van der Waals surface area contributed by atoms with Gasteiger partial charge in [0, 0.05) is 24.8 Å². The summed E-state index contributed by atoms with van der Waals surface area (Å²) in [5, 5.41) is 3.44. The summed E-state index contributed by atoms with van der Waals surface area (Å²) in [6.07, 6.45) is 0. The van der Waals surface area contributed by atoms with Gasteiger partial charge in [0.2, 0.25) is 15.9 Å². The third-order valence-electron chi connectivity index (χ3n) is 4.06. The smallest absolute Gasteiger partial charge is 0.242 e. The zero-order chi connectivity index (χ0) is 19.5. The molecule has 26 heavy (non-hydrogen) atoms. The standard InChI is InChI=1S/C19H23ClN2O3S/c1-13(2)18(14-8-10-15(20)11-9-14)19(23)21-16-6-5-7-17(12-16)26(24,25)22(3)4/h5-13,18H,1-4H3,(H,21,23)/t18-/m1/s1. The van der Waals surface area contributed by atoms with Crippen LogP contribution in [0.4, 0.5) is 5.69 Å². The van der Waals surface area contributed by atoms with E-state index in [1.807, 2.05) is 26.0 Å². The van der Waals surface area contributed by atoms with Crippen molar-refractivity contribution >= 4 is 33.2 Å². The van der Waals surface area contributed by atoms with Crippen molar-refractivity contribution in [1.29, 1.82) is 0 Å². The largest absolute Gasteiger partial charge is 0.326 e. The lowest BCUT2D eigenvalue weighted by Gasteiger charge is -2.21. The van der Waals surface area contributed by atoms with Crippen molar-refractivity contribution in [2.45, 2.75) is 24.7 Å². The second-order valence-electron chi connectivity index (χ2n) is 6.58. The van der Waals surface area contributed by atoms with E-state index in [4.69, 9.17) is 11.6 Å². The fraction of sp³-hybridized carbons (Fsp3) is 0.316. The number of hydrogen-bond donors (Lipinski definition) is 1. The summed E-state index contributed by atoms with van der Waals surface area (Å²) in [7, 11) is -0.625. The first kappa shape index (κ1) is 20.4. The first-order chi connectivity index (χ1) is 12.1. The number of anilines is 1. The van der Waals surface area contributed by atoms with Crippen molar-refractivity contribution in [2.24, 2.45) is 5.92 Å². The first-order valence-electron chi connectivity index (χ1n) is 8.22. The van der Waals surface area contributed by atoms with Crippen molar-refractivity contribution in [3.63, 3.8) is 0 Å². The van der Waals surface area contributed by atoms with Crippen LogP contribution in [0.5, 0.6) is 0 Å². The molecule has 0 spiro atoms. The van der Waals surface area contributed by atoms with Crippen molar-refractivity contribution in [3.8, 4) is 0 Å². The number of benzene rings is 2. The van der Waals surface area contributed by atoms with Gasteiger partial charge in [0.05, 0.1) is 10.8 Å². The van der Waals surface area contributed by atoms with Crippen molar-refractivity contribution < 1.29 is 13.2 Å². The summed E-state index contributed by atoms with van der Waals surface area (Å²) >= 11 is 5.93. The van der Waals surface area contributed by atoms with Gasteiger partial charge in [-0.05, 0) is 41.8 Å². The number of nitrogens with one attached hydrogen (secondary N) is 1. The van der Waals surface area contributed by atoms with Gasteiger partial charge in [0.1, 0.15) is 0 Å². The van der Waals surface area contributed by atoms with Gasteiger partial charge in [-0.25, -0.2) is 12.7 Å². The lowest BCUT2D eigenvalue weighted by Crippen LogP contribution is -2.25. The Labute approximate surface area is 160 Å². The van der Waals surface area contributed by atoms with E-state index in [0.29, 0.717) is 10.7 Å². The summed E-state index contributed by atoms with van der Waals surface area (Å²) in [6.45, 7) is 3.93. The molecule has 7 heteroatoms. The van der Waals surface area contributed by atoms with Crippen molar-refractivity contribution in [1.82, 2.24) is 4.31 Å². The van der Waals surface area contributed by atoms with E-state index < -0.39 is 10.0 Å². The average molecular weight is 395 g/mol. The van der Waals surface area contributed by atoms with Crippen LogP contribution in [0.2, 0.25) is 5.02 Å². The molecular formula is C19H23ClN2O3S. The molecule has 140 valence electrons. The molecule has 2 rings (SSSR count). The maximum Gasteiger partial charge on any atom is 0.242 e. The Bertz CT molecular complexity index is 878. The molecule has 0 aromatic heterocycles. The van der Waals surface area contributed by atoms with E-state index in [-0.39, 0.29) is 22.6 Å². The molecule has 5 nitrogen and oxygen atoms in total. The molecule has 0 bridgehead atoms. The van der Waals surface area contributed by atoms with Gasteiger partial charge in [-0.1, -0.05) is 43.6 Å². The van der Waals surface area contributed by atoms with Crippen LogP contribution in [-0.2, 0) is 14.8 Å². The quantitative estimate of drug-likeness (QED) is 0.806. The summed E-state index contributed by atoms with van der Waals surface area (Å²) in [4.78, 5) is 13.0. The Hall–Kier alpha value is -1.89. The third-order valence-corrected chi connectivity index (χ3v) is 6.12. The lowest BCUT2D eigenvalue weighted by molar-refractivity contribution is -0.118. The fourth-order valence-electron chi connectivity index (χ4n) is 2.67.